The van der Waals surface area contributed by atoms with Crippen molar-refractivity contribution in [1.82, 2.24) is 9.88 Å². The minimum atomic E-state index is -0.768. The number of fused-ring (bicyclic) bond motifs is 1. The van der Waals surface area contributed by atoms with Crippen LogP contribution in [0.3, 0.4) is 0 Å². The minimum absolute atomic E-state index is 0.0859. The molecule has 0 saturated carbocycles. The molecule has 0 spiro atoms. The molecule has 3 rings (SSSR count). The van der Waals surface area contributed by atoms with Gasteiger partial charge in [-0.3, -0.25) is 9.69 Å². The fourth-order valence-electron chi connectivity index (χ4n) is 4.36. The molecule has 1 aromatic carbocycles. The molecule has 30 heavy (non-hydrogen) atoms. The predicted octanol–water partition coefficient (Wildman–Crippen LogP) is 5.94. The number of benzene rings is 1. The average Bonchev–Trinajstić information content (AvgIpc) is 3.26. The maximum Gasteiger partial charge on any atom is 0.317 e. The van der Waals surface area contributed by atoms with E-state index in [0.29, 0.717) is 11.8 Å². The van der Waals surface area contributed by atoms with Gasteiger partial charge in [0.25, 0.3) is 0 Å². The molecule has 0 bridgehead atoms. The number of nitrogens with zero attached hydrogens (tertiary/aromatic N) is 2. The molecule has 1 aliphatic heterocycles. The summed E-state index contributed by atoms with van der Waals surface area (Å²) >= 11 is 6.53. The summed E-state index contributed by atoms with van der Waals surface area (Å²) in [6.45, 7) is 12.0. The van der Waals surface area contributed by atoms with Gasteiger partial charge >= 0.3 is 5.97 Å². The summed E-state index contributed by atoms with van der Waals surface area (Å²) in [4.78, 5) is 19.5. The van der Waals surface area contributed by atoms with Gasteiger partial charge in [-0.1, -0.05) is 39.3 Å². The highest BCUT2D eigenvalue weighted by atomic mass is 35.5. The van der Waals surface area contributed by atoms with Crippen molar-refractivity contribution in [2.45, 2.75) is 59.4 Å². The van der Waals surface area contributed by atoms with E-state index in [1.807, 2.05) is 6.07 Å². The highest BCUT2D eigenvalue weighted by Crippen LogP contribution is 2.37. The van der Waals surface area contributed by atoms with Gasteiger partial charge in [-0.2, -0.15) is 0 Å². The molecular formula is C24H36ClN3O2. The number of likely N-dealkylation sites (tertiary alicyclic amines) is 1. The number of halogens is 1. The topological polar surface area (TPSA) is 59.6 Å². The Hall–Kier alpha value is -1.72. The van der Waals surface area contributed by atoms with Crippen molar-refractivity contribution in [3.8, 4) is 0 Å². The van der Waals surface area contributed by atoms with Gasteiger partial charge in [0.05, 0.1) is 23.8 Å². The number of carboxylic acids is 1. The molecule has 2 N–H and O–H groups in total. The van der Waals surface area contributed by atoms with E-state index in [0.717, 1.165) is 72.6 Å². The molecule has 6 heteroatoms. The van der Waals surface area contributed by atoms with Crippen LogP contribution in [-0.4, -0.2) is 47.1 Å². The van der Waals surface area contributed by atoms with Gasteiger partial charge < -0.3 is 15.0 Å². The van der Waals surface area contributed by atoms with Crippen LogP contribution in [0.4, 0.5) is 5.69 Å². The van der Waals surface area contributed by atoms with E-state index in [9.17, 15) is 9.90 Å². The largest absolute Gasteiger partial charge is 0.480 e. The van der Waals surface area contributed by atoms with Crippen LogP contribution in [0.2, 0.25) is 5.02 Å². The molecule has 1 saturated heterocycles. The van der Waals surface area contributed by atoms with E-state index < -0.39 is 5.97 Å². The minimum Gasteiger partial charge on any atom is -0.480 e. The monoisotopic (exact) mass is 433 g/mol. The number of hydrogen-bond donors (Lipinski definition) is 2. The summed E-state index contributed by atoms with van der Waals surface area (Å²) in [5, 5.41) is 11.1. The van der Waals surface area contributed by atoms with Gasteiger partial charge in [-0.05, 0) is 62.3 Å². The molecule has 166 valence electrons. The first kappa shape index (κ1) is 23.0. The quantitative estimate of drug-likeness (QED) is 0.486. The summed E-state index contributed by atoms with van der Waals surface area (Å²) in [6.07, 6.45) is 4.27. The van der Waals surface area contributed by atoms with Crippen LogP contribution in [0.5, 0.6) is 0 Å². The Bertz CT molecular complexity index is 849. The first-order chi connectivity index (χ1) is 14.2. The van der Waals surface area contributed by atoms with Crippen molar-refractivity contribution in [3.63, 3.8) is 0 Å². The Morgan fingerprint density at radius 3 is 2.47 bits per heavy atom. The van der Waals surface area contributed by atoms with E-state index in [1.165, 1.54) is 0 Å². The molecule has 0 radical (unpaired) electrons. The van der Waals surface area contributed by atoms with E-state index in [2.05, 4.69) is 54.6 Å². The predicted molar refractivity (Wildman–Crippen MR) is 126 cm³/mol. The van der Waals surface area contributed by atoms with E-state index in [-0.39, 0.29) is 12.6 Å². The molecule has 0 unspecified atom stereocenters. The number of rotatable bonds is 10. The molecule has 1 aliphatic rings. The Morgan fingerprint density at radius 2 is 1.87 bits per heavy atom. The number of carboxylic acid groups (broad SMARTS) is 1. The van der Waals surface area contributed by atoms with Crippen LogP contribution in [0.1, 0.15) is 65.1 Å². The zero-order chi connectivity index (χ0) is 21.8. The summed E-state index contributed by atoms with van der Waals surface area (Å²) in [5.41, 5.74) is 3.37. The first-order valence-corrected chi connectivity index (χ1v) is 11.6. The van der Waals surface area contributed by atoms with Crippen LogP contribution >= 0.6 is 11.6 Å². The third-order valence-corrected chi connectivity index (χ3v) is 6.27. The molecule has 0 amide bonds. The Balaban J connectivity index is 1.96. The lowest BCUT2D eigenvalue weighted by Crippen LogP contribution is -2.29. The molecule has 0 aliphatic carbocycles. The Kier molecular flexibility index (Phi) is 7.70. The number of hydrogen-bond acceptors (Lipinski definition) is 3. The van der Waals surface area contributed by atoms with Crippen molar-refractivity contribution in [1.29, 1.82) is 0 Å². The molecule has 1 fully saturated rings. The number of carbonyl (C=O) groups is 1. The van der Waals surface area contributed by atoms with Crippen molar-refractivity contribution in [3.05, 3.63) is 28.9 Å². The normalized spacial score (nSPS) is 17.5. The second kappa shape index (κ2) is 10.1. The zero-order valence-electron chi connectivity index (χ0n) is 18.7. The molecule has 5 nitrogen and oxygen atoms in total. The third kappa shape index (κ3) is 5.70. The fourth-order valence-corrected chi connectivity index (χ4v) is 4.58. The van der Waals surface area contributed by atoms with Crippen molar-refractivity contribution < 1.29 is 9.90 Å². The SMILES string of the molecule is CC(C)CCN(CCC(C)C)c1cc(Cl)cc2cc([C@@H]3CCCN3CC(=O)O)[nH]c12. The van der Waals surface area contributed by atoms with Crippen LogP contribution in [0, 0.1) is 11.8 Å². The van der Waals surface area contributed by atoms with E-state index in [1.54, 1.807) is 0 Å². The van der Waals surface area contributed by atoms with Gasteiger partial charge in [-0.15, -0.1) is 0 Å². The maximum absolute atomic E-state index is 11.3. The van der Waals surface area contributed by atoms with Gasteiger partial charge in [0.2, 0.25) is 0 Å². The molecule has 1 aromatic heterocycles. The maximum atomic E-state index is 11.3. The molecule has 1 atom stereocenters. The standard InChI is InChI=1S/C24H36ClN3O2/c1-16(2)7-10-27(11-8-17(3)4)22-14-19(25)12-18-13-20(26-24(18)22)21-6-5-9-28(21)15-23(29)30/h12-14,16-17,21,26H,5-11,15H2,1-4H3,(H,29,30)/t21-/m0/s1. The van der Waals surface area contributed by atoms with Crippen molar-refractivity contribution >= 4 is 34.2 Å². The van der Waals surface area contributed by atoms with Crippen molar-refractivity contribution in [2.75, 3.05) is 31.1 Å². The smallest absolute Gasteiger partial charge is 0.317 e. The lowest BCUT2D eigenvalue weighted by atomic mass is 10.1. The van der Waals surface area contributed by atoms with Crippen LogP contribution in [-0.2, 0) is 4.79 Å². The average molecular weight is 434 g/mol. The highest BCUT2D eigenvalue weighted by molar-refractivity contribution is 6.32. The summed E-state index contributed by atoms with van der Waals surface area (Å²) < 4.78 is 0. The van der Waals surface area contributed by atoms with Crippen LogP contribution in [0.25, 0.3) is 10.9 Å². The molecular weight excluding hydrogens is 398 g/mol. The summed E-state index contributed by atoms with van der Waals surface area (Å²) in [5.74, 6) is 0.516. The second-order valence-corrected chi connectivity index (χ2v) is 9.92. The molecule has 2 heterocycles. The lowest BCUT2D eigenvalue weighted by Gasteiger charge is -2.27. The highest BCUT2D eigenvalue weighted by Gasteiger charge is 2.29. The number of aromatic nitrogens is 1. The Morgan fingerprint density at radius 1 is 1.20 bits per heavy atom. The van der Waals surface area contributed by atoms with Gasteiger partial charge in [0.1, 0.15) is 0 Å². The number of anilines is 1. The number of aliphatic carboxylic acids is 1. The van der Waals surface area contributed by atoms with Gasteiger partial charge in [-0.25, -0.2) is 0 Å². The number of H-pyrrole nitrogens is 1. The van der Waals surface area contributed by atoms with Gasteiger partial charge in [0.15, 0.2) is 0 Å². The number of nitrogens with one attached hydrogen (secondary N) is 1. The van der Waals surface area contributed by atoms with E-state index in [4.69, 9.17) is 11.6 Å². The summed E-state index contributed by atoms with van der Waals surface area (Å²) in [6, 6.07) is 6.38. The lowest BCUT2D eigenvalue weighted by molar-refractivity contribution is -0.138. The van der Waals surface area contributed by atoms with Crippen LogP contribution < -0.4 is 4.90 Å². The van der Waals surface area contributed by atoms with Crippen LogP contribution in [0.15, 0.2) is 18.2 Å². The van der Waals surface area contributed by atoms with Gasteiger partial charge in [0, 0.05) is 29.2 Å². The Labute approximate surface area is 185 Å². The van der Waals surface area contributed by atoms with E-state index >= 15 is 0 Å². The summed E-state index contributed by atoms with van der Waals surface area (Å²) in [7, 11) is 0. The zero-order valence-corrected chi connectivity index (χ0v) is 19.5. The fraction of sp³-hybridized carbons (Fsp3) is 0.625. The number of aromatic amines is 1. The third-order valence-electron chi connectivity index (χ3n) is 6.05. The first-order valence-electron chi connectivity index (χ1n) is 11.3. The molecule has 2 aromatic rings. The van der Waals surface area contributed by atoms with Crippen molar-refractivity contribution in [2.24, 2.45) is 11.8 Å². The second-order valence-electron chi connectivity index (χ2n) is 9.49.